The normalized spacial score (nSPS) is 10.4. The van der Waals surface area contributed by atoms with Crippen molar-refractivity contribution in [3.63, 3.8) is 0 Å². The molecule has 1 aromatic carbocycles. The van der Waals surface area contributed by atoms with E-state index < -0.39 is 11.9 Å². The second-order valence-electron chi connectivity index (χ2n) is 4.10. The highest BCUT2D eigenvalue weighted by atomic mass is 35.5. The van der Waals surface area contributed by atoms with Crippen LogP contribution in [0.1, 0.15) is 27.8 Å². The van der Waals surface area contributed by atoms with E-state index in [-0.39, 0.29) is 28.6 Å². The van der Waals surface area contributed by atoms with Crippen LogP contribution in [0.4, 0.5) is 5.69 Å². The summed E-state index contributed by atoms with van der Waals surface area (Å²) in [6, 6.07) is 4.75. The molecule has 7 nitrogen and oxygen atoms in total. The summed E-state index contributed by atoms with van der Waals surface area (Å²) in [5.41, 5.74) is 11.6. The summed E-state index contributed by atoms with van der Waals surface area (Å²) in [6.45, 7) is 1.88. The molecule has 1 aromatic heterocycles. The number of anilines is 1. The van der Waals surface area contributed by atoms with E-state index in [1.54, 1.807) is 19.1 Å². The Kier molecular flexibility index (Phi) is 4.13. The summed E-state index contributed by atoms with van der Waals surface area (Å²) in [6.07, 6.45) is 1.39. The number of nitrogens with two attached hydrogens (primary N) is 2. The molecule has 2 rings (SSSR count). The molecule has 2 aromatic rings. The maximum atomic E-state index is 11.7. The third-order valence-electron chi connectivity index (χ3n) is 2.70. The molecule has 0 fully saturated rings. The van der Waals surface area contributed by atoms with Crippen LogP contribution >= 0.6 is 11.6 Å². The van der Waals surface area contributed by atoms with Crippen molar-refractivity contribution in [1.29, 1.82) is 0 Å². The van der Waals surface area contributed by atoms with Crippen molar-refractivity contribution in [3.8, 4) is 5.69 Å². The van der Waals surface area contributed by atoms with Crippen LogP contribution in [0.3, 0.4) is 0 Å². The van der Waals surface area contributed by atoms with Gasteiger partial charge in [-0.1, -0.05) is 17.7 Å². The van der Waals surface area contributed by atoms with Crippen LogP contribution in [0.2, 0.25) is 5.02 Å². The summed E-state index contributed by atoms with van der Waals surface area (Å²) in [7, 11) is 0. The second-order valence-corrected chi connectivity index (χ2v) is 4.50. The zero-order valence-corrected chi connectivity index (χ0v) is 11.9. The first kappa shape index (κ1) is 14.9. The number of nitrogen functional groups attached to an aromatic ring is 1. The van der Waals surface area contributed by atoms with E-state index in [4.69, 9.17) is 27.8 Å². The monoisotopic (exact) mass is 308 g/mol. The number of nitrogens with zero attached hydrogens (tertiary/aromatic N) is 2. The van der Waals surface area contributed by atoms with Crippen molar-refractivity contribution in [2.24, 2.45) is 5.73 Å². The van der Waals surface area contributed by atoms with E-state index in [2.05, 4.69) is 5.10 Å². The van der Waals surface area contributed by atoms with Crippen LogP contribution in [-0.2, 0) is 4.74 Å². The Balaban J connectivity index is 2.54. The first-order valence-electron chi connectivity index (χ1n) is 6.06. The van der Waals surface area contributed by atoms with Gasteiger partial charge in [-0.15, -0.1) is 0 Å². The smallest absolute Gasteiger partial charge is 0.361 e. The Morgan fingerprint density at radius 3 is 2.76 bits per heavy atom. The lowest BCUT2D eigenvalue weighted by molar-refractivity contribution is 0.0520. The number of aromatic nitrogens is 2. The van der Waals surface area contributed by atoms with Crippen molar-refractivity contribution < 1.29 is 14.3 Å². The van der Waals surface area contributed by atoms with E-state index >= 15 is 0 Å². The van der Waals surface area contributed by atoms with Gasteiger partial charge < -0.3 is 16.2 Å². The molecular formula is C13H13ClN4O3. The van der Waals surface area contributed by atoms with Gasteiger partial charge in [-0.05, 0) is 19.1 Å². The lowest BCUT2D eigenvalue weighted by Crippen LogP contribution is -2.16. The highest BCUT2D eigenvalue weighted by Crippen LogP contribution is 2.24. The number of primary amides is 1. The lowest BCUT2D eigenvalue weighted by Gasteiger charge is -2.08. The third kappa shape index (κ3) is 2.82. The van der Waals surface area contributed by atoms with Gasteiger partial charge in [0.1, 0.15) is 0 Å². The van der Waals surface area contributed by atoms with E-state index in [0.29, 0.717) is 5.69 Å². The average Bonchev–Trinajstić information content (AvgIpc) is 2.80. The summed E-state index contributed by atoms with van der Waals surface area (Å²) >= 11 is 5.97. The van der Waals surface area contributed by atoms with Gasteiger partial charge in [0.05, 0.1) is 34.8 Å². The third-order valence-corrected chi connectivity index (χ3v) is 3.01. The predicted octanol–water partition coefficient (Wildman–Crippen LogP) is 1.38. The number of hydrogen-bond acceptors (Lipinski definition) is 5. The average molecular weight is 309 g/mol. The van der Waals surface area contributed by atoms with Crippen molar-refractivity contribution in [2.75, 3.05) is 12.3 Å². The maximum Gasteiger partial charge on any atom is 0.361 e. The predicted molar refractivity (Wildman–Crippen MR) is 77.5 cm³/mol. The molecule has 0 aliphatic carbocycles. The number of carbonyl (C=O) groups excluding carboxylic acids is 2. The van der Waals surface area contributed by atoms with Gasteiger partial charge in [-0.2, -0.15) is 5.10 Å². The number of esters is 1. The first-order chi connectivity index (χ1) is 9.95. The molecule has 110 valence electrons. The highest BCUT2D eigenvalue weighted by molar-refractivity contribution is 6.34. The zero-order chi connectivity index (χ0) is 15.6. The van der Waals surface area contributed by atoms with E-state index in [1.165, 1.54) is 16.9 Å². The molecule has 0 saturated heterocycles. The minimum atomic E-state index is -0.706. The maximum absolute atomic E-state index is 11.7. The molecule has 0 atom stereocenters. The molecule has 0 spiro atoms. The zero-order valence-electron chi connectivity index (χ0n) is 11.2. The van der Waals surface area contributed by atoms with Crippen molar-refractivity contribution in [2.45, 2.75) is 6.92 Å². The van der Waals surface area contributed by atoms with Gasteiger partial charge >= 0.3 is 5.97 Å². The molecule has 4 N–H and O–H groups in total. The fraction of sp³-hybridized carbons (Fsp3) is 0.154. The number of amides is 1. The molecule has 0 radical (unpaired) electrons. The van der Waals surface area contributed by atoms with Gasteiger partial charge in [-0.3, -0.25) is 4.79 Å². The molecule has 0 saturated carbocycles. The van der Waals surface area contributed by atoms with Crippen molar-refractivity contribution >= 4 is 29.2 Å². The van der Waals surface area contributed by atoms with Crippen molar-refractivity contribution in [1.82, 2.24) is 9.78 Å². The van der Waals surface area contributed by atoms with Crippen molar-refractivity contribution in [3.05, 3.63) is 40.7 Å². The fourth-order valence-electron chi connectivity index (χ4n) is 1.82. The molecule has 1 amide bonds. The van der Waals surface area contributed by atoms with Gasteiger partial charge in [0.25, 0.3) is 5.91 Å². The van der Waals surface area contributed by atoms with Crippen LogP contribution in [-0.4, -0.2) is 28.3 Å². The number of carbonyl (C=O) groups is 2. The number of ether oxygens (including phenoxy) is 1. The Labute approximate surface area is 125 Å². The van der Waals surface area contributed by atoms with Gasteiger partial charge in [0.15, 0.2) is 5.69 Å². The van der Waals surface area contributed by atoms with Crippen LogP contribution in [0.15, 0.2) is 24.4 Å². The van der Waals surface area contributed by atoms with Crippen LogP contribution in [0.25, 0.3) is 5.69 Å². The Bertz CT molecular complexity index is 711. The Morgan fingerprint density at radius 1 is 1.43 bits per heavy atom. The van der Waals surface area contributed by atoms with Crippen LogP contribution < -0.4 is 11.5 Å². The molecular weight excluding hydrogens is 296 g/mol. The van der Waals surface area contributed by atoms with Gasteiger partial charge in [0, 0.05) is 0 Å². The molecule has 0 unspecified atom stereocenters. The number of benzene rings is 1. The fourth-order valence-corrected chi connectivity index (χ4v) is 2.08. The Hall–Kier alpha value is -2.54. The number of rotatable bonds is 4. The quantitative estimate of drug-likeness (QED) is 0.828. The standard InChI is InChI=1S/C13H13ClN4O3/c1-2-21-13(20)11-8(15)6-18(17-11)9-5-3-4-7(14)10(9)12(16)19/h3-6H,2,15H2,1H3,(H2,16,19). The summed E-state index contributed by atoms with van der Waals surface area (Å²) in [5, 5.41) is 4.22. The van der Waals surface area contributed by atoms with E-state index in [1.807, 2.05) is 0 Å². The lowest BCUT2D eigenvalue weighted by atomic mass is 10.1. The van der Waals surface area contributed by atoms with Gasteiger partial charge in [0.2, 0.25) is 0 Å². The van der Waals surface area contributed by atoms with E-state index in [0.717, 1.165) is 0 Å². The molecule has 0 aliphatic heterocycles. The topological polar surface area (TPSA) is 113 Å². The molecule has 0 aliphatic rings. The van der Waals surface area contributed by atoms with Crippen LogP contribution in [0.5, 0.6) is 0 Å². The minimum Gasteiger partial charge on any atom is -0.461 e. The minimum absolute atomic E-state index is 0.0350. The number of hydrogen-bond donors (Lipinski definition) is 2. The molecule has 21 heavy (non-hydrogen) atoms. The van der Waals surface area contributed by atoms with E-state index in [9.17, 15) is 9.59 Å². The molecule has 0 bridgehead atoms. The highest BCUT2D eigenvalue weighted by Gasteiger charge is 2.20. The summed E-state index contributed by atoms with van der Waals surface area (Å²) < 4.78 is 6.12. The largest absolute Gasteiger partial charge is 0.461 e. The molecule has 8 heteroatoms. The molecule has 1 heterocycles. The number of halogens is 1. The Morgan fingerprint density at radius 2 is 2.14 bits per heavy atom. The first-order valence-corrected chi connectivity index (χ1v) is 6.44. The second kappa shape index (κ2) is 5.84. The van der Waals surface area contributed by atoms with Gasteiger partial charge in [-0.25, -0.2) is 9.48 Å². The SMILES string of the molecule is CCOC(=O)c1nn(-c2cccc(Cl)c2C(N)=O)cc1N. The summed E-state index contributed by atoms with van der Waals surface area (Å²) in [5.74, 6) is -1.35. The summed E-state index contributed by atoms with van der Waals surface area (Å²) in [4.78, 5) is 23.2. The van der Waals surface area contributed by atoms with Crippen LogP contribution in [0, 0.1) is 0 Å².